The van der Waals surface area contributed by atoms with Gasteiger partial charge in [-0.1, -0.05) is 41.9 Å². The third-order valence-corrected chi connectivity index (χ3v) is 6.87. The first-order valence-electron chi connectivity index (χ1n) is 9.61. The van der Waals surface area contributed by atoms with Crippen LogP contribution in [0, 0.1) is 5.92 Å². The molecule has 1 N–H and O–H groups in total. The predicted molar refractivity (Wildman–Crippen MR) is 104 cm³/mol. The van der Waals surface area contributed by atoms with Crippen molar-refractivity contribution < 1.29 is 4.79 Å². The maximum absolute atomic E-state index is 13.3. The maximum Gasteiger partial charge on any atom is 0.266 e. The molecule has 2 bridgehead atoms. The lowest BCUT2D eigenvalue weighted by Gasteiger charge is -2.51. The van der Waals surface area contributed by atoms with Crippen molar-refractivity contribution in [3.05, 3.63) is 69.1 Å². The average molecular weight is 384 g/mol. The van der Waals surface area contributed by atoms with Gasteiger partial charge >= 0.3 is 0 Å². The van der Waals surface area contributed by atoms with Gasteiger partial charge in [0.2, 0.25) is 0 Å². The second-order valence-corrected chi connectivity index (χ2v) is 8.30. The van der Waals surface area contributed by atoms with Gasteiger partial charge in [0.25, 0.3) is 11.5 Å². The molecule has 0 aliphatic carbocycles. The quantitative estimate of drug-likeness (QED) is 0.867. The van der Waals surface area contributed by atoms with E-state index in [1.165, 1.54) is 17.8 Å². The third kappa shape index (κ3) is 2.72. The summed E-state index contributed by atoms with van der Waals surface area (Å²) in [6.45, 7) is 2.96. The summed E-state index contributed by atoms with van der Waals surface area (Å²) in [6, 6.07) is 12.6. The summed E-state index contributed by atoms with van der Waals surface area (Å²) in [6.07, 6.45) is 3.79. The summed E-state index contributed by atoms with van der Waals surface area (Å²) in [7, 11) is 0. The topological polar surface area (TPSA) is 56.4 Å². The van der Waals surface area contributed by atoms with Crippen LogP contribution in [-0.4, -0.2) is 52.4 Å². The van der Waals surface area contributed by atoms with Crippen molar-refractivity contribution in [3.8, 4) is 0 Å². The average Bonchev–Trinajstić information content (AvgIpc) is 3.14. The molecule has 27 heavy (non-hydrogen) atoms. The molecular formula is C21H22ClN3O2. The van der Waals surface area contributed by atoms with E-state index >= 15 is 0 Å². The van der Waals surface area contributed by atoms with E-state index in [-0.39, 0.29) is 22.5 Å². The number of amides is 1. The lowest BCUT2D eigenvalue weighted by atomic mass is 9.75. The number of carbonyl (C=O) groups is 1. The van der Waals surface area contributed by atoms with Crippen LogP contribution in [0.5, 0.6) is 0 Å². The zero-order valence-corrected chi connectivity index (χ0v) is 15.7. The molecule has 4 fully saturated rings. The smallest absolute Gasteiger partial charge is 0.266 e. The standard InChI is InChI=1S/C21H22ClN3O2/c22-17-10-15(11-23-20(17)26)21(27)25-12-16(13-4-2-1-3-5-13)19-18(25)14-6-8-24(19)9-7-14/h1-5,10-11,14,16,18-19H,6-9,12H2,(H,23,26)/t16-,18+,19+/m0/s1. The van der Waals surface area contributed by atoms with Crippen LogP contribution in [-0.2, 0) is 0 Å². The van der Waals surface area contributed by atoms with E-state index in [9.17, 15) is 9.59 Å². The molecule has 4 saturated heterocycles. The fraction of sp³-hybridized carbons (Fsp3) is 0.429. The van der Waals surface area contributed by atoms with E-state index in [0.29, 0.717) is 30.0 Å². The Kier molecular flexibility index (Phi) is 4.10. The Balaban J connectivity index is 1.53. The van der Waals surface area contributed by atoms with E-state index in [1.807, 2.05) is 11.0 Å². The van der Waals surface area contributed by atoms with Crippen LogP contribution in [0.1, 0.15) is 34.7 Å². The van der Waals surface area contributed by atoms with Crippen molar-refractivity contribution >= 4 is 17.5 Å². The van der Waals surface area contributed by atoms with Crippen LogP contribution in [0.15, 0.2) is 47.4 Å². The molecule has 140 valence electrons. The molecule has 0 unspecified atom stereocenters. The molecule has 5 heterocycles. The highest BCUT2D eigenvalue weighted by Crippen LogP contribution is 2.46. The van der Waals surface area contributed by atoms with E-state index in [1.54, 1.807) is 0 Å². The summed E-state index contributed by atoms with van der Waals surface area (Å²) >= 11 is 5.97. The Morgan fingerprint density at radius 3 is 2.56 bits per heavy atom. The molecule has 6 heteroatoms. The molecule has 0 saturated carbocycles. The number of rotatable bonds is 2. The molecule has 1 amide bonds. The normalized spacial score (nSPS) is 31.7. The van der Waals surface area contributed by atoms with Crippen molar-refractivity contribution in [1.82, 2.24) is 14.8 Å². The maximum atomic E-state index is 13.3. The SMILES string of the molecule is O=C(c1c[nH]c(=O)c(Cl)c1)N1C[C@@H](c2ccccc2)[C@@H]2[C@H]1C1CCN2CC1. The zero-order chi connectivity index (χ0) is 18.5. The van der Waals surface area contributed by atoms with Gasteiger partial charge in [0.15, 0.2) is 0 Å². The van der Waals surface area contributed by atoms with Gasteiger partial charge in [-0.25, -0.2) is 0 Å². The number of likely N-dealkylation sites (tertiary alicyclic amines) is 1. The van der Waals surface area contributed by atoms with Gasteiger partial charge in [-0.15, -0.1) is 0 Å². The summed E-state index contributed by atoms with van der Waals surface area (Å²) in [5.74, 6) is 0.840. The highest BCUT2D eigenvalue weighted by atomic mass is 35.5. The van der Waals surface area contributed by atoms with Crippen molar-refractivity contribution in [3.63, 3.8) is 0 Å². The number of hydrogen-bond donors (Lipinski definition) is 1. The summed E-state index contributed by atoms with van der Waals surface area (Å²) in [4.78, 5) is 32.1. The van der Waals surface area contributed by atoms with Crippen molar-refractivity contribution in [2.75, 3.05) is 19.6 Å². The first-order valence-corrected chi connectivity index (χ1v) is 9.99. The Hall–Kier alpha value is -2.11. The molecule has 2 aromatic rings. The number of nitrogens with zero attached hydrogens (tertiary/aromatic N) is 2. The van der Waals surface area contributed by atoms with E-state index < -0.39 is 0 Å². The van der Waals surface area contributed by atoms with Crippen molar-refractivity contribution in [2.45, 2.75) is 30.8 Å². The number of H-pyrrole nitrogens is 1. The Bertz CT molecular complexity index is 921. The Labute approximate surface area is 162 Å². The van der Waals surface area contributed by atoms with Gasteiger partial charge in [0.05, 0.1) is 11.6 Å². The Morgan fingerprint density at radius 1 is 1.11 bits per heavy atom. The number of nitrogens with one attached hydrogen (secondary N) is 1. The molecule has 0 radical (unpaired) electrons. The molecule has 1 aromatic carbocycles. The van der Waals surface area contributed by atoms with E-state index in [0.717, 1.165) is 25.9 Å². The van der Waals surface area contributed by atoms with Crippen molar-refractivity contribution in [1.29, 1.82) is 0 Å². The van der Waals surface area contributed by atoms with Crippen molar-refractivity contribution in [2.24, 2.45) is 5.92 Å². The number of benzene rings is 1. The number of aromatic amines is 1. The summed E-state index contributed by atoms with van der Waals surface area (Å²) in [5, 5.41) is 0.0603. The van der Waals surface area contributed by atoms with Gasteiger partial charge in [0.1, 0.15) is 5.02 Å². The zero-order valence-electron chi connectivity index (χ0n) is 15.0. The second-order valence-electron chi connectivity index (χ2n) is 7.89. The molecule has 4 aliphatic heterocycles. The van der Waals surface area contributed by atoms with Crippen LogP contribution < -0.4 is 5.56 Å². The van der Waals surface area contributed by atoms with Crippen LogP contribution in [0.4, 0.5) is 0 Å². The molecule has 3 atom stereocenters. The molecule has 5 nitrogen and oxygen atoms in total. The number of halogens is 1. The predicted octanol–water partition coefficient (Wildman–Crippen LogP) is 2.73. The number of fused-ring (bicyclic) bond motifs is 2. The number of hydrogen-bond acceptors (Lipinski definition) is 3. The molecule has 1 aromatic heterocycles. The number of pyridine rings is 1. The van der Waals surface area contributed by atoms with Gasteiger partial charge in [-0.2, -0.15) is 0 Å². The summed E-state index contributed by atoms with van der Waals surface area (Å²) in [5.41, 5.74) is 1.40. The summed E-state index contributed by atoms with van der Waals surface area (Å²) < 4.78 is 0. The second kappa shape index (κ2) is 6.50. The van der Waals surface area contributed by atoms with E-state index in [2.05, 4.69) is 34.1 Å². The third-order valence-electron chi connectivity index (χ3n) is 6.59. The molecule has 6 rings (SSSR count). The van der Waals surface area contributed by atoms with Crippen LogP contribution in [0.3, 0.4) is 0 Å². The lowest BCUT2D eigenvalue weighted by Crippen LogP contribution is -2.60. The Morgan fingerprint density at radius 2 is 1.85 bits per heavy atom. The monoisotopic (exact) mass is 383 g/mol. The van der Waals surface area contributed by atoms with Crippen LogP contribution in [0.2, 0.25) is 5.02 Å². The van der Waals surface area contributed by atoms with Gasteiger partial charge < -0.3 is 9.88 Å². The largest absolute Gasteiger partial charge is 0.333 e. The number of piperidine rings is 3. The molecule has 0 spiro atoms. The minimum Gasteiger partial charge on any atom is -0.333 e. The highest BCUT2D eigenvalue weighted by Gasteiger charge is 2.54. The molecule has 4 aliphatic rings. The fourth-order valence-electron chi connectivity index (χ4n) is 5.39. The number of carbonyl (C=O) groups excluding carboxylic acids is 1. The van der Waals surface area contributed by atoms with Gasteiger partial charge in [-0.05, 0) is 43.5 Å². The van der Waals surface area contributed by atoms with Crippen LogP contribution in [0.25, 0.3) is 0 Å². The minimum atomic E-state index is -0.363. The van der Waals surface area contributed by atoms with Gasteiger partial charge in [0, 0.05) is 24.7 Å². The fourth-order valence-corrected chi connectivity index (χ4v) is 5.57. The molecular weight excluding hydrogens is 362 g/mol. The lowest BCUT2D eigenvalue weighted by molar-refractivity contribution is -0.00342. The highest BCUT2D eigenvalue weighted by molar-refractivity contribution is 6.30. The first-order chi connectivity index (χ1) is 13.1. The number of aromatic nitrogens is 1. The minimum absolute atomic E-state index is 0.0321. The van der Waals surface area contributed by atoms with Gasteiger partial charge in [-0.3, -0.25) is 14.5 Å². The van der Waals surface area contributed by atoms with Crippen LogP contribution >= 0.6 is 11.6 Å². The first kappa shape index (κ1) is 17.0. The van der Waals surface area contributed by atoms with E-state index in [4.69, 9.17) is 11.6 Å².